The standard InChI is InChI=1S/C24H29N3O5S/c1-2-33(31,32)19-7-5-18(6-8-19)26-11-9-17(10-12-26)25-20(28)14-27-23(29)21-15-3-4-16(13-15)22(21)24(27)30/h3-8,15-17,21-22H,2,9-14H2,1H3,(H,25,28). The van der Waals surface area contributed by atoms with E-state index in [1.807, 2.05) is 24.3 Å². The van der Waals surface area contributed by atoms with Gasteiger partial charge in [0, 0.05) is 24.8 Å². The number of nitrogens with zero attached hydrogens (tertiary/aromatic N) is 2. The molecule has 3 amide bonds. The molecule has 2 aliphatic carbocycles. The zero-order valence-electron chi connectivity index (χ0n) is 18.6. The van der Waals surface area contributed by atoms with Gasteiger partial charge in [-0.15, -0.1) is 0 Å². The number of carbonyl (C=O) groups is 3. The van der Waals surface area contributed by atoms with Crippen LogP contribution >= 0.6 is 0 Å². The number of nitrogens with one attached hydrogen (secondary N) is 1. The predicted molar refractivity (Wildman–Crippen MR) is 122 cm³/mol. The Morgan fingerprint density at radius 3 is 2.12 bits per heavy atom. The lowest BCUT2D eigenvalue weighted by Gasteiger charge is -2.34. The first-order valence-electron chi connectivity index (χ1n) is 11.7. The molecule has 33 heavy (non-hydrogen) atoms. The Bertz CT molecular complexity index is 1080. The molecule has 176 valence electrons. The smallest absolute Gasteiger partial charge is 0.240 e. The fraction of sp³-hybridized carbons (Fsp3) is 0.542. The fourth-order valence-corrected chi connectivity index (χ4v) is 6.73. The van der Waals surface area contributed by atoms with E-state index in [1.165, 1.54) is 0 Å². The first kappa shape index (κ1) is 22.1. The van der Waals surface area contributed by atoms with Crippen molar-refractivity contribution in [2.75, 3.05) is 30.3 Å². The Morgan fingerprint density at radius 1 is 1.00 bits per heavy atom. The maximum Gasteiger partial charge on any atom is 0.240 e. The number of fused-ring (bicyclic) bond motifs is 5. The molecule has 1 saturated carbocycles. The molecule has 4 unspecified atom stereocenters. The number of amides is 3. The van der Waals surface area contributed by atoms with Crippen LogP contribution in [0.4, 0.5) is 5.69 Å². The number of rotatable bonds is 6. The average Bonchev–Trinajstić information content (AvgIpc) is 3.50. The fourth-order valence-electron chi connectivity index (χ4n) is 5.85. The molecule has 0 radical (unpaired) electrons. The molecule has 2 aliphatic heterocycles. The van der Waals surface area contributed by atoms with Crippen LogP contribution in [0.25, 0.3) is 0 Å². The van der Waals surface area contributed by atoms with Crippen LogP contribution < -0.4 is 10.2 Å². The first-order chi connectivity index (χ1) is 15.8. The van der Waals surface area contributed by atoms with E-state index in [4.69, 9.17) is 0 Å². The Labute approximate surface area is 193 Å². The number of sulfone groups is 1. The Morgan fingerprint density at radius 2 is 1.58 bits per heavy atom. The number of piperidine rings is 1. The van der Waals surface area contributed by atoms with Gasteiger partial charge in [0.15, 0.2) is 9.84 Å². The molecule has 1 aromatic rings. The highest BCUT2D eigenvalue weighted by atomic mass is 32.2. The van der Waals surface area contributed by atoms with E-state index in [0.29, 0.717) is 4.90 Å². The number of anilines is 1. The molecule has 9 heteroatoms. The second kappa shape index (κ2) is 8.27. The van der Waals surface area contributed by atoms with Crippen LogP contribution in [0.2, 0.25) is 0 Å². The van der Waals surface area contributed by atoms with Gasteiger partial charge in [0.1, 0.15) is 6.54 Å². The quantitative estimate of drug-likeness (QED) is 0.497. The number of likely N-dealkylation sites (tertiary alicyclic amines) is 1. The van der Waals surface area contributed by atoms with E-state index in [1.54, 1.807) is 19.1 Å². The molecule has 2 heterocycles. The Balaban J connectivity index is 1.13. The molecule has 1 aromatic carbocycles. The normalized spacial score (nSPS) is 29.1. The van der Waals surface area contributed by atoms with E-state index < -0.39 is 9.84 Å². The molecule has 4 aliphatic rings. The van der Waals surface area contributed by atoms with Crippen LogP contribution in [0.1, 0.15) is 26.2 Å². The summed E-state index contributed by atoms with van der Waals surface area (Å²) in [6, 6.07) is 6.92. The minimum Gasteiger partial charge on any atom is -0.371 e. The summed E-state index contributed by atoms with van der Waals surface area (Å²) < 4.78 is 24.0. The molecule has 2 saturated heterocycles. The molecule has 4 atom stereocenters. The third-order valence-corrected chi connectivity index (χ3v) is 9.41. The number of allylic oxidation sites excluding steroid dienone is 2. The lowest BCUT2D eigenvalue weighted by atomic mass is 9.85. The summed E-state index contributed by atoms with van der Waals surface area (Å²) in [5.74, 6) is -0.865. The van der Waals surface area contributed by atoms with Crippen molar-refractivity contribution < 1.29 is 22.8 Å². The van der Waals surface area contributed by atoms with Gasteiger partial charge < -0.3 is 10.2 Å². The third-order valence-electron chi connectivity index (χ3n) is 7.66. The van der Waals surface area contributed by atoms with Crippen LogP contribution in [0.15, 0.2) is 41.3 Å². The topological polar surface area (TPSA) is 104 Å². The lowest BCUT2D eigenvalue weighted by molar-refractivity contribution is -0.144. The summed E-state index contributed by atoms with van der Waals surface area (Å²) in [4.78, 5) is 41.8. The Kier molecular flexibility index (Phi) is 5.55. The van der Waals surface area contributed by atoms with Crippen molar-refractivity contribution in [2.24, 2.45) is 23.7 Å². The van der Waals surface area contributed by atoms with Crippen molar-refractivity contribution in [3.8, 4) is 0 Å². The lowest BCUT2D eigenvalue weighted by Crippen LogP contribution is -2.48. The summed E-state index contributed by atoms with van der Waals surface area (Å²) in [5.41, 5.74) is 0.956. The summed E-state index contributed by atoms with van der Waals surface area (Å²) in [6.45, 7) is 2.89. The summed E-state index contributed by atoms with van der Waals surface area (Å²) in [7, 11) is -3.22. The van der Waals surface area contributed by atoms with Crippen LogP contribution in [0.3, 0.4) is 0 Å². The van der Waals surface area contributed by atoms with Gasteiger partial charge >= 0.3 is 0 Å². The summed E-state index contributed by atoms with van der Waals surface area (Å²) in [6.07, 6.45) is 6.45. The van der Waals surface area contributed by atoms with Crippen molar-refractivity contribution in [3.63, 3.8) is 0 Å². The molecule has 0 spiro atoms. The molecule has 8 nitrogen and oxygen atoms in total. The molecule has 2 bridgehead atoms. The van der Waals surface area contributed by atoms with Gasteiger partial charge in [-0.1, -0.05) is 19.1 Å². The maximum absolute atomic E-state index is 12.8. The molecule has 5 rings (SSSR count). The Hall–Kier alpha value is -2.68. The summed E-state index contributed by atoms with van der Waals surface area (Å²) in [5, 5.41) is 2.99. The molecule has 3 fully saturated rings. The highest BCUT2D eigenvalue weighted by Crippen LogP contribution is 2.52. The highest BCUT2D eigenvalue weighted by molar-refractivity contribution is 7.91. The van der Waals surface area contributed by atoms with Gasteiger partial charge in [0.25, 0.3) is 0 Å². The number of carbonyl (C=O) groups excluding carboxylic acids is 3. The molecular weight excluding hydrogens is 442 g/mol. The van der Waals surface area contributed by atoms with Crippen molar-refractivity contribution in [1.29, 1.82) is 0 Å². The van der Waals surface area contributed by atoms with E-state index in [0.717, 1.165) is 42.9 Å². The SMILES string of the molecule is CCS(=O)(=O)c1ccc(N2CCC(NC(=O)CN3C(=O)C4C5C=CC(C5)C4C3=O)CC2)cc1. The third kappa shape index (κ3) is 3.86. The van der Waals surface area contributed by atoms with Crippen molar-refractivity contribution in [1.82, 2.24) is 10.2 Å². The predicted octanol–water partition coefficient (Wildman–Crippen LogP) is 1.37. The van der Waals surface area contributed by atoms with Crippen molar-refractivity contribution in [2.45, 2.75) is 37.1 Å². The van der Waals surface area contributed by atoms with Gasteiger partial charge in [0.05, 0.1) is 22.5 Å². The number of hydrogen-bond donors (Lipinski definition) is 1. The maximum atomic E-state index is 12.8. The van der Waals surface area contributed by atoms with E-state index in [2.05, 4.69) is 10.2 Å². The van der Waals surface area contributed by atoms with Crippen molar-refractivity contribution in [3.05, 3.63) is 36.4 Å². The van der Waals surface area contributed by atoms with E-state index >= 15 is 0 Å². The minimum atomic E-state index is -3.22. The molecule has 1 N–H and O–H groups in total. The van der Waals surface area contributed by atoms with Gasteiger partial charge in [-0.2, -0.15) is 0 Å². The van der Waals surface area contributed by atoms with Crippen LogP contribution in [-0.4, -0.2) is 62.5 Å². The van der Waals surface area contributed by atoms with Crippen LogP contribution in [-0.2, 0) is 24.2 Å². The minimum absolute atomic E-state index is 0.0151. The average molecular weight is 472 g/mol. The van der Waals surface area contributed by atoms with Crippen LogP contribution in [0.5, 0.6) is 0 Å². The summed E-state index contributed by atoms with van der Waals surface area (Å²) >= 11 is 0. The number of imide groups is 1. The second-order valence-corrected chi connectivity index (χ2v) is 11.8. The number of benzene rings is 1. The molecule has 0 aromatic heterocycles. The highest BCUT2D eigenvalue weighted by Gasteiger charge is 2.59. The van der Waals surface area contributed by atoms with Crippen molar-refractivity contribution >= 4 is 33.2 Å². The van der Waals surface area contributed by atoms with E-state index in [9.17, 15) is 22.8 Å². The van der Waals surface area contributed by atoms with E-state index in [-0.39, 0.29) is 59.7 Å². The zero-order chi connectivity index (χ0) is 23.3. The van der Waals surface area contributed by atoms with Gasteiger partial charge in [-0.3, -0.25) is 19.3 Å². The van der Waals surface area contributed by atoms with Gasteiger partial charge in [-0.05, 0) is 55.4 Å². The number of hydrogen-bond acceptors (Lipinski definition) is 6. The second-order valence-electron chi connectivity index (χ2n) is 9.49. The largest absolute Gasteiger partial charge is 0.371 e. The van der Waals surface area contributed by atoms with Gasteiger partial charge in [0.2, 0.25) is 17.7 Å². The first-order valence-corrected chi connectivity index (χ1v) is 13.3. The monoisotopic (exact) mass is 471 g/mol. The zero-order valence-corrected chi connectivity index (χ0v) is 19.5. The van der Waals surface area contributed by atoms with Gasteiger partial charge in [-0.25, -0.2) is 8.42 Å². The molecular formula is C24H29N3O5S. The van der Waals surface area contributed by atoms with Crippen LogP contribution in [0, 0.1) is 23.7 Å².